The molecule has 1 aliphatic heterocycles. The molecule has 0 atom stereocenters. The maximum atomic E-state index is 12.1. The molecule has 0 bridgehead atoms. The summed E-state index contributed by atoms with van der Waals surface area (Å²) in [6, 6.07) is 9.00. The van der Waals surface area contributed by atoms with Gasteiger partial charge in [-0.1, -0.05) is 44.2 Å². The van der Waals surface area contributed by atoms with Crippen molar-refractivity contribution in [3.63, 3.8) is 0 Å². The standard InChI is InChI=1S/C18H20O5/c1-4-13-11(3)23-15(12-9-7-6-8-10-12)14(5-2)18(13,16(19)20)17(21)22/h6-10H,4-5H2,1-3H3,(H,19,20)(H,21,22). The van der Waals surface area contributed by atoms with Crippen LogP contribution >= 0.6 is 0 Å². The van der Waals surface area contributed by atoms with Crippen molar-refractivity contribution in [3.8, 4) is 0 Å². The summed E-state index contributed by atoms with van der Waals surface area (Å²) in [4.78, 5) is 24.1. The Morgan fingerprint density at radius 3 is 1.96 bits per heavy atom. The second-order valence-electron chi connectivity index (χ2n) is 5.38. The first-order valence-corrected chi connectivity index (χ1v) is 7.55. The number of hydrogen-bond acceptors (Lipinski definition) is 3. The van der Waals surface area contributed by atoms with Gasteiger partial charge in [-0.05, 0) is 19.8 Å². The predicted molar refractivity (Wildman–Crippen MR) is 85.4 cm³/mol. The molecule has 2 rings (SSSR count). The van der Waals surface area contributed by atoms with Crippen LogP contribution in [0.3, 0.4) is 0 Å². The van der Waals surface area contributed by atoms with Crippen LogP contribution in [0.2, 0.25) is 0 Å². The molecule has 122 valence electrons. The topological polar surface area (TPSA) is 83.8 Å². The van der Waals surface area contributed by atoms with Crippen molar-refractivity contribution in [1.29, 1.82) is 0 Å². The summed E-state index contributed by atoms with van der Waals surface area (Å²) < 4.78 is 5.87. The van der Waals surface area contributed by atoms with Crippen LogP contribution in [-0.2, 0) is 14.3 Å². The molecule has 0 fully saturated rings. The fraction of sp³-hybridized carbons (Fsp3) is 0.333. The van der Waals surface area contributed by atoms with E-state index in [0.29, 0.717) is 17.1 Å². The third-order valence-corrected chi connectivity index (χ3v) is 4.24. The summed E-state index contributed by atoms with van der Waals surface area (Å²) in [5.74, 6) is -2.09. The van der Waals surface area contributed by atoms with Crippen LogP contribution in [0.15, 0.2) is 47.2 Å². The molecule has 5 heteroatoms. The van der Waals surface area contributed by atoms with Gasteiger partial charge in [-0.25, -0.2) is 0 Å². The SMILES string of the molecule is CCC1=C(C)OC(c2ccccc2)=C(CC)C1(C(=O)O)C(=O)O. The summed E-state index contributed by atoms with van der Waals surface area (Å²) in [6.45, 7) is 5.11. The third kappa shape index (κ3) is 2.42. The van der Waals surface area contributed by atoms with Crippen molar-refractivity contribution in [2.24, 2.45) is 5.41 Å². The first kappa shape index (κ1) is 16.8. The molecule has 0 aromatic heterocycles. The Balaban J connectivity index is 2.85. The summed E-state index contributed by atoms with van der Waals surface area (Å²) in [6.07, 6.45) is 0.551. The van der Waals surface area contributed by atoms with E-state index in [1.807, 2.05) is 6.07 Å². The lowest BCUT2D eigenvalue weighted by molar-refractivity contribution is -0.159. The van der Waals surface area contributed by atoms with Crippen molar-refractivity contribution in [3.05, 3.63) is 52.8 Å². The molecule has 1 heterocycles. The molecule has 0 saturated carbocycles. The Morgan fingerprint density at radius 2 is 1.52 bits per heavy atom. The number of rotatable bonds is 5. The zero-order valence-electron chi connectivity index (χ0n) is 13.4. The highest BCUT2D eigenvalue weighted by atomic mass is 16.5. The van der Waals surface area contributed by atoms with Gasteiger partial charge < -0.3 is 14.9 Å². The molecule has 2 N–H and O–H groups in total. The van der Waals surface area contributed by atoms with Gasteiger partial charge in [0.05, 0.1) is 0 Å². The third-order valence-electron chi connectivity index (χ3n) is 4.24. The normalized spacial score (nSPS) is 17.0. The molecule has 23 heavy (non-hydrogen) atoms. The van der Waals surface area contributed by atoms with Crippen molar-refractivity contribution >= 4 is 17.7 Å². The van der Waals surface area contributed by atoms with E-state index in [1.54, 1.807) is 45.0 Å². The summed E-state index contributed by atoms with van der Waals surface area (Å²) >= 11 is 0. The molecule has 0 unspecified atom stereocenters. The van der Waals surface area contributed by atoms with Gasteiger partial charge in [0.15, 0.2) is 0 Å². The lowest BCUT2D eigenvalue weighted by Crippen LogP contribution is -2.45. The first-order chi connectivity index (χ1) is 10.9. The number of benzene rings is 1. The maximum absolute atomic E-state index is 12.1. The Kier molecular flexibility index (Phi) is 4.59. The van der Waals surface area contributed by atoms with Crippen molar-refractivity contribution in [2.75, 3.05) is 0 Å². The molecule has 0 amide bonds. The zero-order valence-corrected chi connectivity index (χ0v) is 13.4. The Morgan fingerprint density at radius 1 is 1.00 bits per heavy atom. The van der Waals surface area contributed by atoms with Crippen molar-refractivity contribution in [1.82, 2.24) is 0 Å². The van der Waals surface area contributed by atoms with Gasteiger partial charge in [0.25, 0.3) is 0 Å². The van der Waals surface area contributed by atoms with Gasteiger partial charge in [-0.15, -0.1) is 0 Å². The number of aliphatic carboxylic acids is 2. The quantitative estimate of drug-likeness (QED) is 0.810. The minimum Gasteiger partial charge on any atom is -0.480 e. The molecule has 5 nitrogen and oxygen atoms in total. The van der Waals surface area contributed by atoms with E-state index in [2.05, 4.69) is 0 Å². The largest absolute Gasteiger partial charge is 0.480 e. The van der Waals surface area contributed by atoms with E-state index < -0.39 is 17.4 Å². The molecular weight excluding hydrogens is 296 g/mol. The fourth-order valence-corrected chi connectivity index (χ4v) is 3.26. The summed E-state index contributed by atoms with van der Waals surface area (Å²) in [5.41, 5.74) is -0.845. The van der Waals surface area contributed by atoms with E-state index in [1.165, 1.54) is 0 Å². The highest BCUT2D eigenvalue weighted by molar-refractivity contribution is 6.07. The highest BCUT2D eigenvalue weighted by Gasteiger charge is 2.56. The predicted octanol–water partition coefficient (Wildman–Crippen LogP) is 3.68. The summed E-state index contributed by atoms with van der Waals surface area (Å²) in [5, 5.41) is 19.7. The van der Waals surface area contributed by atoms with Gasteiger partial charge in [0.2, 0.25) is 5.41 Å². The van der Waals surface area contributed by atoms with Crippen LogP contribution in [0.5, 0.6) is 0 Å². The maximum Gasteiger partial charge on any atom is 0.329 e. The average molecular weight is 316 g/mol. The zero-order chi connectivity index (χ0) is 17.2. The van der Waals surface area contributed by atoms with E-state index in [9.17, 15) is 19.8 Å². The van der Waals surface area contributed by atoms with Gasteiger partial charge in [-0.3, -0.25) is 9.59 Å². The van der Waals surface area contributed by atoms with Crippen LogP contribution in [0.4, 0.5) is 0 Å². The molecule has 0 saturated heterocycles. The number of allylic oxidation sites excluding steroid dienone is 1. The Hall–Kier alpha value is -2.56. The van der Waals surface area contributed by atoms with E-state index in [0.717, 1.165) is 0 Å². The van der Waals surface area contributed by atoms with Crippen LogP contribution in [-0.4, -0.2) is 22.2 Å². The molecule has 0 radical (unpaired) electrons. The molecular formula is C18H20O5. The smallest absolute Gasteiger partial charge is 0.329 e. The number of ether oxygens (including phenoxy) is 1. The monoisotopic (exact) mass is 316 g/mol. The average Bonchev–Trinajstić information content (AvgIpc) is 2.53. The molecule has 1 aromatic carbocycles. The second kappa shape index (κ2) is 6.28. The van der Waals surface area contributed by atoms with Gasteiger partial charge in [0, 0.05) is 16.7 Å². The van der Waals surface area contributed by atoms with Gasteiger partial charge in [-0.2, -0.15) is 0 Å². The fourth-order valence-electron chi connectivity index (χ4n) is 3.26. The molecule has 0 spiro atoms. The van der Waals surface area contributed by atoms with Crippen LogP contribution in [0.1, 0.15) is 39.2 Å². The summed E-state index contributed by atoms with van der Waals surface area (Å²) in [7, 11) is 0. The van der Waals surface area contributed by atoms with E-state index >= 15 is 0 Å². The second-order valence-corrected chi connectivity index (χ2v) is 5.38. The molecule has 1 aromatic rings. The van der Waals surface area contributed by atoms with Crippen molar-refractivity contribution in [2.45, 2.75) is 33.6 Å². The van der Waals surface area contributed by atoms with E-state index in [-0.39, 0.29) is 24.0 Å². The number of carboxylic acid groups (broad SMARTS) is 2. The van der Waals surface area contributed by atoms with E-state index in [4.69, 9.17) is 4.74 Å². The van der Waals surface area contributed by atoms with Gasteiger partial charge in [0.1, 0.15) is 11.5 Å². The van der Waals surface area contributed by atoms with Crippen LogP contribution in [0, 0.1) is 5.41 Å². The van der Waals surface area contributed by atoms with Crippen LogP contribution < -0.4 is 0 Å². The minimum absolute atomic E-state index is 0.263. The van der Waals surface area contributed by atoms with Gasteiger partial charge >= 0.3 is 11.9 Å². The Bertz CT molecular complexity index is 683. The number of hydrogen-bond donors (Lipinski definition) is 2. The Labute approximate surface area is 134 Å². The molecule has 1 aliphatic rings. The lowest BCUT2D eigenvalue weighted by Gasteiger charge is -2.36. The highest BCUT2D eigenvalue weighted by Crippen LogP contribution is 2.49. The molecule has 0 aliphatic carbocycles. The van der Waals surface area contributed by atoms with Crippen molar-refractivity contribution < 1.29 is 24.5 Å². The first-order valence-electron chi connectivity index (χ1n) is 7.55. The lowest BCUT2D eigenvalue weighted by atomic mass is 9.69. The minimum atomic E-state index is -2.07. The number of carbonyl (C=O) groups is 2. The number of carboxylic acids is 2. The van der Waals surface area contributed by atoms with Crippen LogP contribution in [0.25, 0.3) is 5.76 Å².